The number of nitrogens with two attached hydrogens (primary N) is 1. The molecule has 0 aromatic heterocycles. The van der Waals surface area contributed by atoms with Crippen LogP contribution < -0.4 is 15.8 Å². The van der Waals surface area contributed by atoms with E-state index in [2.05, 4.69) is 26.4 Å². The highest BCUT2D eigenvalue weighted by atomic mass is 79.9. The molecule has 1 amide bonds. The van der Waals surface area contributed by atoms with Gasteiger partial charge in [0.15, 0.2) is 5.84 Å². The number of carbonyl (C=O) groups is 1. The number of methoxy groups -OCH3 is 1. The van der Waals surface area contributed by atoms with Crippen LogP contribution in [0.5, 0.6) is 5.75 Å². The van der Waals surface area contributed by atoms with Crippen molar-refractivity contribution in [2.45, 2.75) is 19.3 Å². The van der Waals surface area contributed by atoms with E-state index in [-0.39, 0.29) is 11.7 Å². The highest BCUT2D eigenvalue weighted by Gasteiger charge is 2.48. The second-order valence-corrected chi connectivity index (χ2v) is 5.64. The summed E-state index contributed by atoms with van der Waals surface area (Å²) in [5.41, 5.74) is 5.30. The molecule has 1 aromatic carbocycles. The molecular formula is C13H16BrN3O3. The van der Waals surface area contributed by atoms with Gasteiger partial charge in [-0.2, -0.15) is 0 Å². The second kappa shape index (κ2) is 5.70. The third-order valence-corrected chi connectivity index (χ3v) is 4.14. The molecular weight excluding hydrogens is 326 g/mol. The number of amides is 1. The fourth-order valence-electron chi connectivity index (χ4n) is 2.25. The van der Waals surface area contributed by atoms with E-state index in [0.29, 0.717) is 24.3 Å². The van der Waals surface area contributed by atoms with Crippen LogP contribution in [0, 0.1) is 5.41 Å². The van der Waals surface area contributed by atoms with Gasteiger partial charge >= 0.3 is 0 Å². The lowest BCUT2D eigenvalue weighted by atomic mass is 9.67. The minimum absolute atomic E-state index is 0.0461. The maximum Gasteiger partial charge on any atom is 0.238 e. The molecule has 1 aliphatic rings. The minimum atomic E-state index is -0.915. The lowest BCUT2D eigenvalue weighted by Crippen LogP contribution is -2.51. The highest BCUT2D eigenvalue weighted by Crippen LogP contribution is 2.42. The predicted molar refractivity (Wildman–Crippen MR) is 79.0 cm³/mol. The summed E-state index contributed by atoms with van der Waals surface area (Å²) in [4.78, 5) is 12.4. The van der Waals surface area contributed by atoms with Crippen LogP contribution in [0.4, 0.5) is 5.69 Å². The molecule has 0 spiro atoms. The number of nitrogens with zero attached hydrogens (tertiary/aromatic N) is 1. The smallest absolute Gasteiger partial charge is 0.238 e. The van der Waals surface area contributed by atoms with Crippen molar-refractivity contribution in [1.29, 1.82) is 0 Å². The number of anilines is 1. The Bertz CT molecular complexity index is 556. The van der Waals surface area contributed by atoms with E-state index < -0.39 is 5.41 Å². The molecule has 1 saturated carbocycles. The largest absolute Gasteiger partial charge is 0.495 e. The summed E-state index contributed by atoms with van der Waals surface area (Å²) >= 11 is 3.34. The highest BCUT2D eigenvalue weighted by molar-refractivity contribution is 9.10. The van der Waals surface area contributed by atoms with Gasteiger partial charge in [-0.15, -0.1) is 0 Å². The average Bonchev–Trinajstić information content (AvgIpc) is 2.37. The molecule has 6 nitrogen and oxygen atoms in total. The topological polar surface area (TPSA) is 96.9 Å². The lowest BCUT2D eigenvalue weighted by molar-refractivity contribution is -0.125. The third-order valence-electron chi connectivity index (χ3n) is 3.65. The number of hydrogen-bond acceptors (Lipinski definition) is 4. The van der Waals surface area contributed by atoms with Gasteiger partial charge in [0.25, 0.3) is 0 Å². The van der Waals surface area contributed by atoms with Crippen molar-refractivity contribution < 1.29 is 14.7 Å². The summed E-state index contributed by atoms with van der Waals surface area (Å²) in [6.07, 6.45) is 2.02. The monoisotopic (exact) mass is 341 g/mol. The molecule has 4 N–H and O–H groups in total. The predicted octanol–water partition coefficient (Wildman–Crippen LogP) is 2.31. The zero-order valence-electron chi connectivity index (χ0n) is 11.0. The van der Waals surface area contributed by atoms with Crippen LogP contribution in [0.2, 0.25) is 0 Å². The Hall–Kier alpha value is -1.76. The normalized spacial score (nSPS) is 17.2. The van der Waals surface area contributed by atoms with Crippen LogP contribution in [0.15, 0.2) is 27.8 Å². The van der Waals surface area contributed by atoms with Crippen molar-refractivity contribution in [1.82, 2.24) is 0 Å². The Morgan fingerprint density at radius 2 is 2.25 bits per heavy atom. The number of oxime groups is 1. The summed E-state index contributed by atoms with van der Waals surface area (Å²) < 4.78 is 6.03. The average molecular weight is 342 g/mol. The second-order valence-electron chi connectivity index (χ2n) is 4.72. The lowest BCUT2D eigenvalue weighted by Gasteiger charge is -2.38. The van der Waals surface area contributed by atoms with Gasteiger partial charge < -0.3 is 21.0 Å². The Morgan fingerprint density at radius 1 is 1.55 bits per heavy atom. The van der Waals surface area contributed by atoms with Gasteiger partial charge in [0, 0.05) is 4.47 Å². The first-order valence-electron chi connectivity index (χ1n) is 6.16. The first-order chi connectivity index (χ1) is 9.53. The Kier molecular flexibility index (Phi) is 4.17. The number of hydrogen-bond donors (Lipinski definition) is 3. The maximum absolute atomic E-state index is 12.4. The molecule has 0 radical (unpaired) electrons. The van der Waals surface area contributed by atoms with E-state index in [4.69, 9.17) is 15.7 Å². The number of amidine groups is 1. The number of nitrogens with one attached hydrogen (secondary N) is 1. The summed E-state index contributed by atoms with van der Waals surface area (Å²) in [6, 6.07) is 5.31. The van der Waals surface area contributed by atoms with Crippen molar-refractivity contribution in [3.05, 3.63) is 22.7 Å². The fraction of sp³-hybridized carbons (Fsp3) is 0.385. The molecule has 0 aliphatic heterocycles. The van der Waals surface area contributed by atoms with Gasteiger partial charge in [0.1, 0.15) is 11.2 Å². The molecule has 0 saturated heterocycles. The summed E-state index contributed by atoms with van der Waals surface area (Å²) in [6.45, 7) is 0. The molecule has 0 atom stereocenters. The molecule has 108 valence electrons. The van der Waals surface area contributed by atoms with Crippen molar-refractivity contribution in [2.24, 2.45) is 16.3 Å². The molecule has 7 heteroatoms. The standard InChI is InChI=1S/C13H16BrN3O3/c1-20-10-4-3-8(14)7-9(10)16-12(18)13(5-2-6-13)11(15)17-19/h3-4,7,19H,2,5-6H2,1H3,(H2,15,17)(H,16,18). The van der Waals surface area contributed by atoms with Crippen LogP contribution in [-0.4, -0.2) is 24.1 Å². The zero-order chi connectivity index (χ0) is 14.8. The molecule has 0 heterocycles. The molecule has 1 aromatic rings. The van der Waals surface area contributed by atoms with E-state index in [9.17, 15) is 4.79 Å². The van der Waals surface area contributed by atoms with Gasteiger partial charge in [-0.3, -0.25) is 4.79 Å². The quantitative estimate of drug-likeness (QED) is 0.339. The molecule has 1 fully saturated rings. The SMILES string of the molecule is COc1ccc(Br)cc1NC(=O)C1(/C(N)=N/O)CCC1. The van der Waals surface area contributed by atoms with E-state index in [1.807, 2.05) is 6.07 Å². The summed E-state index contributed by atoms with van der Waals surface area (Å²) in [7, 11) is 1.53. The Balaban J connectivity index is 2.26. The van der Waals surface area contributed by atoms with Crippen LogP contribution >= 0.6 is 15.9 Å². The van der Waals surface area contributed by atoms with Crippen LogP contribution in [0.25, 0.3) is 0 Å². The van der Waals surface area contributed by atoms with E-state index in [0.717, 1.165) is 10.9 Å². The van der Waals surface area contributed by atoms with Gasteiger partial charge in [-0.1, -0.05) is 27.5 Å². The Labute approximate surface area is 125 Å². The maximum atomic E-state index is 12.4. The van der Waals surface area contributed by atoms with Crippen LogP contribution in [0.3, 0.4) is 0 Å². The van der Waals surface area contributed by atoms with Crippen LogP contribution in [-0.2, 0) is 4.79 Å². The molecule has 2 rings (SSSR count). The molecule has 0 unspecified atom stereocenters. The van der Waals surface area contributed by atoms with Crippen molar-refractivity contribution in [3.63, 3.8) is 0 Å². The van der Waals surface area contributed by atoms with E-state index >= 15 is 0 Å². The summed E-state index contributed by atoms with van der Waals surface area (Å²) in [5, 5.41) is 14.6. The van der Waals surface area contributed by atoms with E-state index in [1.54, 1.807) is 12.1 Å². The number of benzene rings is 1. The third kappa shape index (κ3) is 2.45. The Morgan fingerprint density at radius 3 is 2.75 bits per heavy atom. The number of carbonyl (C=O) groups excluding carboxylic acids is 1. The van der Waals surface area contributed by atoms with Crippen molar-refractivity contribution in [2.75, 3.05) is 12.4 Å². The van der Waals surface area contributed by atoms with Crippen LogP contribution in [0.1, 0.15) is 19.3 Å². The fourth-order valence-corrected chi connectivity index (χ4v) is 2.61. The number of rotatable bonds is 4. The van der Waals surface area contributed by atoms with Crippen molar-refractivity contribution in [3.8, 4) is 5.75 Å². The minimum Gasteiger partial charge on any atom is -0.495 e. The molecule has 0 bridgehead atoms. The summed E-state index contributed by atoms with van der Waals surface area (Å²) in [5.74, 6) is 0.223. The molecule has 20 heavy (non-hydrogen) atoms. The van der Waals surface area contributed by atoms with Gasteiger partial charge in [0.2, 0.25) is 5.91 Å². The van der Waals surface area contributed by atoms with Gasteiger partial charge in [0.05, 0.1) is 12.8 Å². The first kappa shape index (κ1) is 14.6. The zero-order valence-corrected chi connectivity index (χ0v) is 12.6. The van der Waals surface area contributed by atoms with E-state index in [1.165, 1.54) is 7.11 Å². The molecule has 1 aliphatic carbocycles. The van der Waals surface area contributed by atoms with Gasteiger partial charge in [-0.25, -0.2) is 0 Å². The number of ether oxygens (including phenoxy) is 1. The number of halogens is 1. The van der Waals surface area contributed by atoms with Gasteiger partial charge in [-0.05, 0) is 31.0 Å². The first-order valence-corrected chi connectivity index (χ1v) is 6.96. The van der Waals surface area contributed by atoms with Crippen molar-refractivity contribution >= 4 is 33.4 Å².